The third-order valence-electron chi connectivity index (χ3n) is 3.44. The molecular weight excluding hydrogens is 362 g/mol. The van der Waals surface area contributed by atoms with Crippen molar-refractivity contribution in [2.75, 3.05) is 19.7 Å². The van der Waals surface area contributed by atoms with Gasteiger partial charge < -0.3 is 26.2 Å². The van der Waals surface area contributed by atoms with Crippen LogP contribution in [0.3, 0.4) is 0 Å². The first-order valence-electron chi connectivity index (χ1n) is 8.19. The Morgan fingerprint density at radius 1 is 1.38 bits per heavy atom. The molecule has 2 rings (SSSR count). The predicted molar refractivity (Wildman–Crippen MR) is 96.7 cm³/mol. The maximum atomic E-state index is 12.3. The SMILES string of the molecule is CC(=O)O.NCCCCNC(=O)[C@H]1OCC(=O)N[C@@H]1c1ccccc1Cl. The van der Waals surface area contributed by atoms with Crippen molar-refractivity contribution in [1.82, 2.24) is 10.6 Å². The third-order valence-corrected chi connectivity index (χ3v) is 3.79. The molecule has 1 aliphatic rings. The largest absolute Gasteiger partial charge is 0.481 e. The fraction of sp³-hybridized carbons (Fsp3) is 0.471. The molecule has 1 saturated heterocycles. The third kappa shape index (κ3) is 7.38. The van der Waals surface area contributed by atoms with Gasteiger partial charge in [0.2, 0.25) is 5.91 Å². The first kappa shape index (κ1) is 21.9. The number of hydrogen-bond donors (Lipinski definition) is 4. The van der Waals surface area contributed by atoms with Gasteiger partial charge in [0.15, 0.2) is 6.10 Å². The number of nitrogens with two attached hydrogens (primary N) is 1. The van der Waals surface area contributed by atoms with Crippen LogP contribution in [0.5, 0.6) is 0 Å². The molecule has 2 amide bonds. The van der Waals surface area contributed by atoms with Crippen molar-refractivity contribution in [3.8, 4) is 0 Å². The predicted octanol–water partition coefficient (Wildman–Crippen LogP) is 0.842. The number of carbonyl (C=O) groups is 3. The van der Waals surface area contributed by atoms with Crippen LogP contribution in [0.1, 0.15) is 31.4 Å². The fourth-order valence-electron chi connectivity index (χ4n) is 2.33. The van der Waals surface area contributed by atoms with E-state index in [2.05, 4.69) is 10.6 Å². The zero-order valence-corrected chi connectivity index (χ0v) is 15.3. The summed E-state index contributed by atoms with van der Waals surface area (Å²) in [5.41, 5.74) is 6.08. The van der Waals surface area contributed by atoms with Gasteiger partial charge in [-0.1, -0.05) is 29.8 Å². The van der Waals surface area contributed by atoms with E-state index in [0.29, 0.717) is 23.7 Å². The lowest BCUT2D eigenvalue weighted by molar-refractivity contribution is -0.148. The van der Waals surface area contributed by atoms with Crippen LogP contribution in [0.15, 0.2) is 24.3 Å². The lowest BCUT2D eigenvalue weighted by atomic mass is 9.99. The highest BCUT2D eigenvalue weighted by Crippen LogP contribution is 2.28. The Labute approximate surface area is 157 Å². The van der Waals surface area contributed by atoms with Gasteiger partial charge in [0.25, 0.3) is 11.9 Å². The molecule has 1 heterocycles. The molecule has 2 atom stereocenters. The highest BCUT2D eigenvalue weighted by molar-refractivity contribution is 6.31. The monoisotopic (exact) mass is 385 g/mol. The summed E-state index contributed by atoms with van der Waals surface area (Å²) in [7, 11) is 0. The summed E-state index contributed by atoms with van der Waals surface area (Å²) in [4.78, 5) is 32.9. The topological polar surface area (TPSA) is 131 Å². The van der Waals surface area contributed by atoms with Crippen molar-refractivity contribution < 1.29 is 24.2 Å². The van der Waals surface area contributed by atoms with Gasteiger partial charge in [-0.3, -0.25) is 14.4 Å². The average molecular weight is 386 g/mol. The van der Waals surface area contributed by atoms with Gasteiger partial charge in [-0.25, -0.2) is 0 Å². The summed E-state index contributed by atoms with van der Waals surface area (Å²) >= 11 is 6.17. The van der Waals surface area contributed by atoms with Gasteiger partial charge in [0.1, 0.15) is 6.61 Å². The first-order valence-corrected chi connectivity index (χ1v) is 8.57. The number of morpholine rings is 1. The Morgan fingerprint density at radius 3 is 2.65 bits per heavy atom. The van der Waals surface area contributed by atoms with Crippen LogP contribution >= 0.6 is 11.6 Å². The number of aliphatic carboxylic acids is 1. The van der Waals surface area contributed by atoms with Crippen LogP contribution in [-0.4, -0.2) is 48.7 Å². The Kier molecular flexibility index (Phi) is 9.64. The number of hydrogen-bond acceptors (Lipinski definition) is 5. The summed E-state index contributed by atoms with van der Waals surface area (Å²) in [6.07, 6.45) is 0.852. The second-order valence-corrected chi connectivity index (χ2v) is 6.01. The molecule has 0 unspecified atom stereocenters. The molecular formula is C17H24ClN3O5. The standard InChI is InChI=1S/C15H20ClN3O3.C2H4O2/c16-11-6-2-1-5-10(11)13-14(22-9-12(20)19-13)15(21)18-8-4-3-7-17;1-2(3)4/h1-2,5-6,13-14H,3-4,7-9,17H2,(H,18,21)(H,19,20);1H3,(H,3,4)/t13-,14+;/m1./s1. The smallest absolute Gasteiger partial charge is 0.300 e. The van der Waals surface area contributed by atoms with Gasteiger partial charge in [-0.05, 0) is 31.0 Å². The van der Waals surface area contributed by atoms with Gasteiger partial charge in [-0.15, -0.1) is 0 Å². The van der Waals surface area contributed by atoms with Crippen LogP contribution in [-0.2, 0) is 19.1 Å². The Morgan fingerprint density at radius 2 is 2.04 bits per heavy atom. The molecule has 0 aromatic heterocycles. The molecule has 0 bridgehead atoms. The quantitative estimate of drug-likeness (QED) is 0.537. The number of carboxylic acid groups (broad SMARTS) is 1. The molecule has 0 saturated carbocycles. The van der Waals surface area contributed by atoms with Crippen molar-refractivity contribution in [2.24, 2.45) is 5.73 Å². The van der Waals surface area contributed by atoms with E-state index >= 15 is 0 Å². The number of rotatable bonds is 6. The molecule has 9 heteroatoms. The minimum absolute atomic E-state index is 0.137. The highest BCUT2D eigenvalue weighted by atomic mass is 35.5. The normalized spacial score (nSPS) is 19.0. The van der Waals surface area contributed by atoms with Crippen molar-refractivity contribution in [1.29, 1.82) is 0 Å². The molecule has 1 aromatic rings. The van der Waals surface area contributed by atoms with Crippen LogP contribution in [0, 0.1) is 0 Å². The minimum atomic E-state index is -0.833. The van der Waals surface area contributed by atoms with E-state index in [-0.39, 0.29) is 18.4 Å². The number of nitrogens with one attached hydrogen (secondary N) is 2. The Hall–Kier alpha value is -2.16. The van der Waals surface area contributed by atoms with E-state index in [1.165, 1.54) is 0 Å². The molecule has 26 heavy (non-hydrogen) atoms. The van der Waals surface area contributed by atoms with Gasteiger partial charge >= 0.3 is 0 Å². The number of benzene rings is 1. The summed E-state index contributed by atoms with van der Waals surface area (Å²) in [5, 5.41) is 13.5. The molecule has 1 aliphatic heterocycles. The second kappa shape index (κ2) is 11.5. The molecule has 144 valence electrons. The number of unbranched alkanes of at least 4 members (excludes halogenated alkanes) is 1. The zero-order chi connectivity index (χ0) is 19.5. The van der Waals surface area contributed by atoms with Crippen LogP contribution in [0.25, 0.3) is 0 Å². The number of halogens is 1. The lowest BCUT2D eigenvalue weighted by Crippen LogP contribution is -2.52. The summed E-state index contributed by atoms with van der Waals surface area (Å²) in [5.74, 6) is -1.36. The molecule has 5 N–H and O–H groups in total. The summed E-state index contributed by atoms with van der Waals surface area (Å²) in [6, 6.07) is 6.49. The molecule has 0 radical (unpaired) electrons. The van der Waals surface area contributed by atoms with Crippen molar-refractivity contribution in [2.45, 2.75) is 31.9 Å². The Bertz CT molecular complexity index is 622. The highest BCUT2D eigenvalue weighted by Gasteiger charge is 2.36. The molecule has 1 aromatic carbocycles. The van der Waals surface area contributed by atoms with E-state index in [9.17, 15) is 9.59 Å². The van der Waals surface area contributed by atoms with E-state index in [4.69, 9.17) is 32.0 Å². The Balaban J connectivity index is 0.000000765. The zero-order valence-electron chi connectivity index (χ0n) is 14.5. The lowest BCUT2D eigenvalue weighted by Gasteiger charge is -2.32. The van der Waals surface area contributed by atoms with Gasteiger partial charge in [0, 0.05) is 18.5 Å². The van der Waals surface area contributed by atoms with E-state index in [0.717, 1.165) is 19.8 Å². The van der Waals surface area contributed by atoms with Crippen LogP contribution in [0.4, 0.5) is 0 Å². The maximum Gasteiger partial charge on any atom is 0.300 e. The minimum Gasteiger partial charge on any atom is -0.481 e. The van der Waals surface area contributed by atoms with E-state index in [1.807, 2.05) is 0 Å². The maximum absolute atomic E-state index is 12.3. The number of carboxylic acids is 1. The van der Waals surface area contributed by atoms with E-state index in [1.54, 1.807) is 24.3 Å². The van der Waals surface area contributed by atoms with Crippen LogP contribution < -0.4 is 16.4 Å². The second-order valence-electron chi connectivity index (χ2n) is 5.60. The number of carbonyl (C=O) groups excluding carboxylic acids is 2. The van der Waals surface area contributed by atoms with Crippen molar-refractivity contribution in [3.63, 3.8) is 0 Å². The summed E-state index contributed by atoms with van der Waals surface area (Å²) in [6.45, 7) is 2.06. The van der Waals surface area contributed by atoms with Crippen LogP contribution in [0.2, 0.25) is 5.02 Å². The molecule has 0 aliphatic carbocycles. The molecule has 0 spiro atoms. The van der Waals surface area contributed by atoms with Crippen molar-refractivity contribution in [3.05, 3.63) is 34.9 Å². The van der Waals surface area contributed by atoms with Crippen molar-refractivity contribution >= 4 is 29.4 Å². The van der Waals surface area contributed by atoms with Gasteiger partial charge in [0.05, 0.1) is 6.04 Å². The van der Waals surface area contributed by atoms with E-state index < -0.39 is 18.1 Å². The fourth-order valence-corrected chi connectivity index (χ4v) is 2.58. The molecule has 8 nitrogen and oxygen atoms in total. The first-order chi connectivity index (χ1) is 12.4. The average Bonchev–Trinajstić information content (AvgIpc) is 2.58. The summed E-state index contributed by atoms with van der Waals surface area (Å²) < 4.78 is 5.42. The molecule has 1 fully saturated rings. The number of amides is 2. The number of ether oxygens (including phenoxy) is 1. The van der Waals surface area contributed by atoms with Gasteiger partial charge in [-0.2, -0.15) is 0 Å².